The molecule has 1 saturated heterocycles. The van der Waals surface area contributed by atoms with Crippen LogP contribution in [-0.2, 0) is 4.74 Å². The lowest BCUT2D eigenvalue weighted by Crippen LogP contribution is -2.33. The average Bonchev–Trinajstić information content (AvgIpc) is 2.86. The Morgan fingerprint density at radius 1 is 1.21 bits per heavy atom. The van der Waals surface area contributed by atoms with Gasteiger partial charge >= 0.3 is 0 Å². The molecule has 1 aromatic carbocycles. The van der Waals surface area contributed by atoms with Gasteiger partial charge in [0.1, 0.15) is 5.65 Å². The van der Waals surface area contributed by atoms with Gasteiger partial charge in [0.25, 0.3) is 0 Å². The van der Waals surface area contributed by atoms with Crippen LogP contribution >= 0.6 is 0 Å². The van der Waals surface area contributed by atoms with Crippen molar-refractivity contribution in [1.82, 2.24) is 15.3 Å². The molecule has 0 saturated carbocycles. The highest BCUT2D eigenvalue weighted by Crippen LogP contribution is 2.28. The summed E-state index contributed by atoms with van der Waals surface area (Å²) in [6, 6.07) is 10.5. The minimum Gasteiger partial charge on any atom is -0.371 e. The van der Waals surface area contributed by atoms with Crippen molar-refractivity contribution in [3.05, 3.63) is 42.1 Å². The zero-order valence-electron chi connectivity index (χ0n) is 10.5. The van der Waals surface area contributed by atoms with Crippen LogP contribution in [0.4, 0.5) is 0 Å². The molecule has 3 heterocycles. The number of hydrogen-bond donors (Lipinski definition) is 2. The highest BCUT2D eigenvalue weighted by molar-refractivity contribution is 6.05. The first-order chi connectivity index (χ1) is 9.42. The summed E-state index contributed by atoms with van der Waals surface area (Å²) in [6.07, 6.45) is 1.96. The van der Waals surface area contributed by atoms with Gasteiger partial charge in [0, 0.05) is 35.6 Å². The Balaban J connectivity index is 1.87. The van der Waals surface area contributed by atoms with E-state index in [1.54, 1.807) is 0 Å². The van der Waals surface area contributed by atoms with Gasteiger partial charge in [-0.1, -0.05) is 6.07 Å². The normalized spacial score (nSPS) is 20.1. The maximum Gasteiger partial charge on any atom is 0.138 e. The van der Waals surface area contributed by atoms with Crippen molar-refractivity contribution >= 4 is 21.9 Å². The molecule has 0 bridgehead atoms. The van der Waals surface area contributed by atoms with E-state index >= 15 is 0 Å². The Morgan fingerprint density at radius 2 is 2.21 bits per heavy atom. The fraction of sp³-hybridized carbons (Fsp3) is 0.267. The number of aromatic amines is 1. The summed E-state index contributed by atoms with van der Waals surface area (Å²) in [7, 11) is 0. The molecule has 3 aromatic rings. The van der Waals surface area contributed by atoms with Gasteiger partial charge in [-0.05, 0) is 29.8 Å². The maximum absolute atomic E-state index is 5.81. The van der Waals surface area contributed by atoms with Gasteiger partial charge in [-0.2, -0.15) is 0 Å². The van der Waals surface area contributed by atoms with Crippen LogP contribution in [0.2, 0.25) is 0 Å². The van der Waals surface area contributed by atoms with Crippen molar-refractivity contribution in [3.8, 4) is 0 Å². The largest absolute Gasteiger partial charge is 0.371 e. The van der Waals surface area contributed by atoms with E-state index in [2.05, 4.69) is 39.6 Å². The van der Waals surface area contributed by atoms with E-state index in [-0.39, 0.29) is 6.10 Å². The number of hydrogen-bond acceptors (Lipinski definition) is 3. The highest BCUT2D eigenvalue weighted by atomic mass is 16.5. The monoisotopic (exact) mass is 253 g/mol. The van der Waals surface area contributed by atoms with Gasteiger partial charge in [0.2, 0.25) is 0 Å². The second-order valence-corrected chi connectivity index (χ2v) is 4.89. The second kappa shape index (κ2) is 4.33. The fourth-order valence-corrected chi connectivity index (χ4v) is 2.72. The standard InChI is InChI=1S/C15H15N3O/c1-2-11-12-8-10(14-9-16-6-7-19-14)3-4-13(12)18-15(11)17-5-1/h1-5,8,14,16H,6-7,9H2,(H,17,18)/t14-/m1/s1. The molecular weight excluding hydrogens is 238 g/mol. The predicted molar refractivity (Wildman–Crippen MR) is 75.2 cm³/mol. The molecule has 1 aliphatic rings. The molecule has 1 atom stereocenters. The Labute approximate surface area is 110 Å². The van der Waals surface area contributed by atoms with Crippen molar-refractivity contribution in [1.29, 1.82) is 0 Å². The molecule has 2 N–H and O–H groups in total. The van der Waals surface area contributed by atoms with Crippen molar-refractivity contribution in [2.45, 2.75) is 6.10 Å². The van der Waals surface area contributed by atoms with Gasteiger partial charge < -0.3 is 15.0 Å². The molecule has 2 aromatic heterocycles. The van der Waals surface area contributed by atoms with Crippen LogP contribution in [0, 0.1) is 0 Å². The number of rotatable bonds is 1. The van der Waals surface area contributed by atoms with Gasteiger partial charge in [0.05, 0.1) is 12.7 Å². The molecule has 0 radical (unpaired) electrons. The SMILES string of the molecule is c1cnc2[nH]c3ccc([C@H]4CNCCO4)cc3c2c1. The van der Waals surface area contributed by atoms with E-state index in [1.165, 1.54) is 16.3 Å². The zero-order chi connectivity index (χ0) is 12.7. The van der Waals surface area contributed by atoms with Crippen molar-refractivity contribution in [2.75, 3.05) is 19.7 Å². The molecule has 0 aliphatic carbocycles. The lowest BCUT2D eigenvalue weighted by molar-refractivity contribution is 0.0278. The third kappa shape index (κ3) is 1.80. The summed E-state index contributed by atoms with van der Waals surface area (Å²) in [6.45, 7) is 2.60. The van der Waals surface area contributed by atoms with E-state index in [9.17, 15) is 0 Å². The van der Waals surface area contributed by atoms with Crippen molar-refractivity contribution in [2.24, 2.45) is 0 Å². The summed E-state index contributed by atoms with van der Waals surface area (Å²) in [5.41, 5.74) is 3.29. The lowest BCUT2D eigenvalue weighted by Gasteiger charge is -2.24. The Kier molecular flexibility index (Phi) is 2.50. The number of ether oxygens (including phenoxy) is 1. The summed E-state index contributed by atoms with van der Waals surface area (Å²) in [5.74, 6) is 0. The molecule has 4 heteroatoms. The minimum atomic E-state index is 0.153. The summed E-state index contributed by atoms with van der Waals surface area (Å²) in [4.78, 5) is 7.70. The molecule has 1 fully saturated rings. The average molecular weight is 253 g/mol. The van der Waals surface area contributed by atoms with E-state index in [4.69, 9.17) is 4.74 Å². The Bertz CT molecular complexity index is 728. The number of fused-ring (bicyclic) bond motifs is 3. The van der Waals surface area contributed by atoms with Crippen LogP contribution in [0.1, 0.15) is 11.7 Å². The van der Waals surface area contributed by atoms with E-state index in [0.29, 0.717) is 0 Å². The van der Waals surface area contributed by atoms with E-state index in [0.717, 1.165) is 30.9 Å². The van der Waals surface area contributed by atoms with Crippen molar-refractivity contribution in [3.63, 3.8) is 0 Å². The van der Waals surface area contributed by atoms with E-state index in [1.807, 2.05) is 12.3 Å². The number of nitrogens with zero attached hydrogens (tertiary/aromatic N) is 1. The van der Waals surface area contributed by atoms with Crippen LogP contribution in [0.15, 0.2) is 36.5 Å². The smallest absolute Gasteiger partial charge is 0.138 e. The van der Waals surface area contributed by atoms with E-state index < -0.39 is 0 Å². The third-order valence-electron chi connectivity index (χ3n) is 3.69. The van der Waals surface area contributed by atoms with Gasteiger partial charge in [-0.25, -0.2) is 4.98 Å². The first kappa shape index (κ1) is 11.0. The number of aromatic nitrogens is 2. The molecule has 1 aliphatic heterocycles. The van der Waals surface area contributed by atoms with Gasteiger partial charge in [-0.3, -0.25) is 0 Å². The number of H-pyrrole nitrogens is 1. The maximum atomic E-state index is 5.81. The zero-order valence-corrected chi connectivity index (χ0v) is 10.5. The lowest BCUT2D eigenvalue weighted by atomic mass is 10.0. The Hall–Kier alpha value is -1.91. The number of nitrogens with one attached hydrogen (secondary N) is 2. The number of pyridine rings is 1. The molecule has 0 amide bonds. The van der Waals surface area contributed by atoms with Crippen LogP contribution < -0.4 is 5.32 Å². The molecule has 4 rings (SSSR count). The van der Waals surface area contributed by atoms with Crippen LogP contribution in [0.3, 0.4) is 0 Å². The van der Waals surface area contributed by atoms with Crippen molar-refractivity contribution < 1.29 is 4.74 Å². The molecule has 0 unspecified atom stereocenters. The summed E-state index contributed by atoms with van der Waals surface area (Å²) in [5, 5.41) is 5.75. The molecule has 0 spiro atoms. The first-order valence-corrected chi connectivity index (χ1v) is 6.60. The highest BCUT2D eigenvalue weighted by Gasteiger charge is 2.16. The van der Waals surface area contributed by atoms with Crippen LogP contribution in [0.25, 0.3) is 21.9 Å². The minimum absolute atomic E-state index is 0.153. The number of benzene rings is 1. The van der Waals surface area contributed by atoms with Gasteiger partial charge in [-0.15, -0.1) is 0 Å². The van der Waals surface area contributed by atoms with Crippen LogP contribution in [-0.4, -0.2) is 29.7 Å². The summed E-state index contributed by atoms with van der Waals surface area (Å²) >= 11 is 0. The molecule has 96 valence electrons. The van der Waals surface area contributed by atoms with Gasteiger partial charge in [0.15, 0.2) is 0 Å². The number of morpholine rings is 1. The quantitative estimate of drug-likeness (QED) is 0.700. The molecule has 4 nitrogen and oxygen atoms in total. The Morgan fingerprint density at radius 3 is 3.11 bits per heavy atom. The third-order valence-corrected chi connectivity index (χ3v) is 3.69. The predicted octanol–water partition coefficient (Wildman–Crippen LogP) is 2.38. The first-order valence-electron chi connectivity index (χ1n) is 6.60. The summed E-state index contributed by atoms with van der Waals surface area (Å²) < 4.78 is 5.81. The van der Waals surface area contributed by atoms with Crippen LogP contribution in [0.5, 0.6) is 0 Å². The molecular formula is C15H15N3O. The topological polar surface area (TPSA) is 49.9 Å². The molecule has 19 heavy (non-hydrogen) atoms. The second-order valence-electron chi connectivity index (χ2n) is 4.89. The fourth-order valence-electron chi connectivity index (χ4n) is 2.72.